The number of ether oxygens (including phenoxy) is 1. The summed E-state index contributed by atoms with van der Waals surface area (Å²) in [6, 6.07) is 1.86. The standard InChI is InChI=1S/C10H14NO2.Y/c1-5-11-7(2)6-9(13-4)8(3)10(11)12;/h5-6H,1-4H3;/q-1;+3. The van der Waals surface area contributed by atoms with Gasteiger partial charge in [0.1, 0.15) is 11.3 Å². The molecule has 3 nitrogen and oxygen atoms in total. The van der Waals surface area contributed by atoms with Crippen molar-refractivity contribution in [3.63, 3.8) is 0 Å². The van der Waals surface area contributed by atoms with Gasteiger partial charge in [0.25, 0.3) is 0 Å². The Hall–Kier alpha value is -0.276. The number of pyridine rings is 1. The van der Waals surface area contributed by atoms with E-state index in [4.69, 9.17) is 4.74 Å². The Morgan fingerprint density at radius 3 is 2.43 bits per heavy atom. The first-order valence-electron chi connectivity index (χ1n) is 4.18. The van der Waals surface area contributed by atoms with Gasteiger partial charge in [0.2, 0.25) is 0 Å². The van der Waals surface area contributed by atoms with Crippen molar-refractivity contribution in [1.82, 2.24) is 4.57 Å². The maximum Gasteiger partial charge on any atom is 3.00 e. The molecule has 0 atom stereocenters. The summed E-state index contributed by atoms with van der Waals surface area (Å²) in [6.07, 6.45) is 0. The average Bonchev–Trinajstić information content (AvgIpc) is 2.12. The van der Waals surface area contributed by atoms with E-state index >= 15 is 0 Å². The molecule has 0 radical (unpaired) electrons. The Labute approximate surface area is 109 Å². The smallest absolute Gasteiger partial charge is 0.498 e. The SMILES string of the molecule is C[CH-]n1c(C)cc(OC)c(C)c1=O.[Y+3]. The Kier molecular flexibility index (Phi) is 5.46. The van der Waals surface area contributed by atoms with Crippen molar-refractivity contribution in [2.24, 2.45) is 0 Å². The van der Waals surface area contributed by atoms with Crippen LogP contribution >= 0.6 is 0 Å². The fourth-order valence-corrected chi connectivity index (χ4v) is 1.35. The molecule has 0 fully saturated rings. The van der Waals surface area contributed by atoms with Crippen LogP contribution < -0.4 is 10.3 Å². The molecule has 4 heteroatoms. The maximum atomic E-state index is 11.7. The fourth-order valence-electron chi connectivity index (χ4n) is 1.35. The molecule has 0 aliphatic rings. The molecule has 0 aromatic carbocycles. The first-order chi connectivity index (χ1) is 6.11. The number of aryl methyl sites for hydroxylation is 1. The Morgan fingerprint density at radius 2 is 2.00 bits per heavy atom. The number of aromatic nitrogens is 1. The first-order valence-corrected chi connectivity index (χ1v) is 4.18. The van der Waals surface area contributed by atoms with Gasteiger partial charge in [-0.05, 0) is 12.5 Å². The summed E-state index contributed by atoms with van der Waals surface area (Å²) in [5, 5.41) is 0. The molecule has 14 heavy (non-hydrogen) atoms. The van der Waals surface area contributed by atoms with Crippen LogP contribution in [0.2, 0.25) is 0 Å². The molecule has 72 valence electrons. The summed E-state index contributed by atoms with van der Waals surface area (Å²) in [6.45, 7) is 7.23. The molecule has 0 unspecified atom stereocenters. The molecule has 0 aliphatic heterocycles. The van der Waals surface area contributed by atoms with Crippen LogP contribution in [0.3, 0.4) is 0 Å². The second-order valence-electron chi connectivity index (χ2n) is 2.91. The second-order valence-corrected chi connectivity index (χ2v) is 2.91. The van der Waals surface area contributed by atoms with Gasteiger partial charge in [-0.15, -0.1) is 6.54 Å². The normalized spacial score (nSPS) is 9.14. The van der Waals surface area contributed by atoms with Crippen molar-refractivity contribution >= 4 is 0 Å². The molecule has 1 aromatic rings. The summed E-state index contributed by atoms with van der Waals surface area (Å²) in [5.41, 5.74) is 1.51. The van der Waals surface area contributed by atoms with Crippen molar-refractivity contribution in [2.75, 3.05) is 7.11 Å². The Bertz CT molecular complexity index is 371. The Balaban J connectivity index is 0.00000169. The van der Waals surface area contributed by atoms with Crippen molar-refractivity contribution < 1.29 is 37.4 Å². The quantitative estimate of drug-likeness (QED) is 0.762. The minimum Gasteiger partial charge on any atom is -0.498 e. The minimum atomic E-state index is -0.0145. The van der Waals surface area contributed by atoms with Gasteiger partial charge >= 0.3 is 32.7 Å². The monoisotopic (exact) mass is 269 g/mol. The minimum absolute atomic E-state index is 0. The van der Waals surface area contributed by atoms with Crippen LogP contribution in [-0.4, -0.2) is 11.7 Å². The average molecular weight is 269 g/mol. The van der Waals surface area contributed by atoms with Gasteiger partial charge in [-0.1, -0.05) is 25.6 Å². The van der Waals surface area contributed by atoms with Gasteiger partial charge in [0, 0.05) is 0 Å². The third-order valence-corrected chi connectivity index (χ3v) is 2.11. The van der Waals surface area contributed by atoms with E-state index in [1.165, 1.54) is 0 Å². The van der Waals surface area contributed by atoms with Gasteiger partial charge < -0.3 is 14.1 Å². The third-order valence-electron chi connectivity index (χ3n) is 2.11. The Morgan fingerprint density at radius 1 is 1.43 bits per heavy atom. The van der Waals surface area contributed by atoms with E-state index in [9.17, 15) is 4.79 Å². The van der Waals surface area contributed by atoms with Gasteiger partial charge in [0.15, 0.2) is 0 Å². The summed E-state index contributed by atoms with van der Waals surface area (Å²) >= 11 is 0. The van der Waals surface area contributed by atoms with Crippen LogP contribution in [0.15, 0.2) is 10.9 Å². The predicted molar refractivity (Wildman–Crippen MR) is 52.1 cm³/mol. The molecule has 0 N–H and O–H groups in total. The molecule has 0 amide bonds. The topological polar surface area (TPSA) is 31.2 Å². The van der Waals surface area contributed by atoms with Gasteiger partial charge in [-0.25, -0.2) is 0 Å². The van der Waals surface area contributed by atoms with Crippen molar-refractivity contribution in [3.8, 4) is 5.75 Å². The molecular weight excluding hydrogens is 255 g/mol. The van der Waals surface area contributed by atoms with Gasteiger partial charge in [-0.2, -0.15) is 0 Å². The zero-order chi connectivity index (χ0) is 10.0. The van der Waals surface area contributed by atoms with E-state index < -0.39 is 0 Å². The van der Waals surface area contributed by atoms with Crippen molar-refractivity contribution in [2.45, 2.75) is 20.8 Å². The number of methoxy groups -OCH3 is 1. The molecular formula is C10H14NO2Y+2. The number of rotatable bonds is 2. The molecule has 0 saturated carbocycles. The van der Waals surface area contributed by atoms with Crippen molar-refractivity contribution in [1.29, 1.82) is 0 Å². The van der Waals surface area contributed by atoms with Crippen LogP contribution in [-0.2, 0) is 32.7 Å². The first kappa shape index (κ1) is 13.7. The van der Waals surface area contributed by atoms with Crippen LogP contribution in [0.1, 0.15) is 18.2 Å². The maximum absolute atomic E-state index is 11.7. The summed E-state index contributed by atoms with van der Waals surface area (Å²) in [7, 11) is 1.57. The molecule has 0 aliphatic carbocycles. The molecule has 1 rings (SSSR count). The second kappa shape index (κ2) is 5.57. The van der Waals surface area contributed by atoms with Crippen LogP contribution in [0.25, 0.3) is 0 Å². The molecule has 1 aromatic heterocycles. The van der Waals surface area contributed by atoms with E-state index in [2.05, 4.69) is 0 Å². The third kappa shape index (κ3) is 2.40. The zero-order valence-electron chi connectivity index (χ0n) is 9.00. The van der Waals surface area contributed by atoms with E-state index in [1.54, 1.807) is 25.1 Å². The number of nitrogens with zero attached hydrogens (tertiary/aromatic N) is 1. The van der Waals surface area contributed by atoms with Crippen LogP contribution in [0.5, 0.6) is 5.75 Å². The van der Waals surface area contributed by atoms with Gasteiger partial charge in [-0.3, -0.25) is 0 Å². The van der Waals surface area contributed by atoms with Crippen molar-refractivity contribution in [3.05, 3.63) is 34.2 Å². The van der Waals surface area contributed by atoms with E-state index in [1.807, 2.05) is 19.9 Å². The van der Waals surface area contributed by atoms with Crippen LogP contribution in [0.4, 0.5) is 0 Å². The number of hydrogen-bond acceptors (Lipinski definition) is 2. The summed E-state index contributed by atoms with van der Waals surface area (Å²) < 4.78 is 6.69. The summed E-state index contributed by atoms with van der Waals surface area (Å²) in [5.74, 6) is 0.653. The van der Waals surface area contributed by atoms with E-state index in [-0.39, 0.29) is 38.3 Å². The zero-order valence-corrected chi connectivity index (χ0v) is 11.8. The molecule has 0 bridgehead atoms. The fraction of sp³-hybridized carbons (Fsp3) is 0.400. The van der Waals surface area contributed by atoms with Crippen LogP contribution in [0, 0.1) is 20.4 Å². The number of hydrogen-bond donors (Lipinski definition) is 0. The molecule has 1 heterocycles. The summed E-state index contributed by atoms with van der Waals surface area (Å²) in [4.78, 5) is 11.7. The molecule has 0 spiro atoms. The largest absolute Gasteiger partial charge is 3.00 e. The van der Waals surface area contributed by atoms with E-state index in [0.717, 1.165) is 5.69 Å². The van der Waals surface area contributed by atoms with Gasteiger partial charge in [0.05, 0.1) is 7.11 Å². The van der Waals surface area contributed by atoms with E-state index in [0.29, 0.717) is 11.3 Å². The predicted octanol–water partition coefficient (Wildman–Crippen LogP) is 1.50. The molecule has 0 saturated heterocycles.